The molecule has 0 aliphatic carbocycles. The Morgan fingerprint density at radius 2 is 2.14 bits per heavy atom. The van der Waals surface area contributed by atoms with Crippen LogP contribution in [0.3, 0.4) is 0 Å². The van der Waals surface area contributed by atoms with Crippen LogP contribution in [0.1, 0.15) is 0 Å². The Morgan fingerprint density at radius 3 is 2.79 bits per heavy atom. The third-order valence-corrected chi connectivity index (χ3v) is 2.59. The summed E-state index contributed by atoms with van der Waals surface area (Å²) in [4.78, 5) is 4.13. The van der Waals surface area contributed by atoms with Gasteiger partial charge in [-0.1, -0.05) is 6.07 Å². The Hall–Kier alpha value is -1.17. The molecule has 0 saturated carbocycles. The molecule has 0 aromatic carbocycles. The molecule has 2 rings (SSSR count). The number of pyridine rings is 1. The molecule has 2 N–H and O–H groups in total. The zero-order valence-corrected chi connectivity index (χ0v) is 8.11. The lowest BCUT2D eigenvalue weighted by Gasteiger charge is -2.04. The van der Waals surface area contributed by atoms with E-state index in [0.29, 0.717) is 11.2 Å². The minimum absolute atomic E-state index is 0.436. The van der Waals surface area contributed by atoms with Gasteiger partial charge in [-0.2, -0.15) is 11.3 Å². The van der Waals surface area contributed by atoms with Crippen LogP contribution < -0.4 is 5.46 Å². The predicted molar refractivity (Wildman–Crippen MR) is 57.4 cm³/mol. The number of hydrogen-bond donors (Lipinski definition) is 2. The van der Waals surface area contributed by atoms with Gasteiger partial charge in [0.25, 0.3) is 0 Å². The van der Waals surface area contributed by atoms with Crippen LogP contribution in [0, 0.1) is 0 Å². The van der Waals surface area contributed by atoms with Crippen molar-refractivity contribution in [1.29, 1.82) is 0 Å². The smallest absolute Gasteiger partial charge is 0.423 e. The van der Waals surface area contributed by atoms with Crippen molar-refractivity contribution in [2.45, 2.75) is 0 Å². The fourth-order valence-electron chi connectivity index (χ4n) is 1.27. The zero-order valence-electron chi connectivity index (χ0n) is 7.29. The number of nitrogens with zero attached hydrogens (tertiary/aromatic N) is 1. The molecule has 14 heavy (non-hydrogen) atoms. The Balaban J connectivity index is 2.53. The summed E-state index contributed by atoms with van der Waals surface area (Å²) in [5.74, 6) is 0. The van der Waals surface area contributed by atoms with E-state index in [0.717, 1.165) is 5.56 Å². The largest absolute Gasteiger partial charge is 0.490 e. The van der Waals surface area contributed by atoms with E-state index in [-0.39, 0.29) is 0 Å². The minimum atomic E-state index is -1.47. The fourth-order valence-corrected chi connectivity index (χ4v) is 1.91. The van der Waals surface area contributed by atoms with E-state index in [4.69, 9.17) is 10.0 Å². The molecule has 0 atom stereocenters. The van der Waals surface area contributed by atoms with E-state index in [1.165, 1.54) is 0 Å². The number of thiophene rings is 1. The van der Waals surface area contributed by atoms with Crippen molar-refractivity contribution in [3.63, 3.8) is 0 Å². The third-order valence-electron chi connectivity index (χ3n) is 1.91. The molecule has 0 radical (unpaired) electrons. The van der Waals surface area contributed by atoms with E-state index >= 15 is 0 Å². The lowest BCUT2D eigenvalue weighted by atomic mass is 9.78. The summed E-state index contributed by atoms with van der Waals surface area (Å²) >= 11 is 1.55. The van der Waals surface area contributed by atoms with Crippen LogP contribution in [0.25, 0.3) is 11.3 Å². The predicted octanol–water partition coefficient (Wildman–Crippen LogP) is 0.490. The first-order chi connectivity index (χ1) is 6.79. The lowest BCUT2D eigenvalue weighted by molar-refractivity contribution is 0.426. The van der Waals surface area contributed by atoms with Crippen LogP contribution in [-0.4, -0.2) is 22.2 Å². The monoisotopic (exact) mass is 205 g/mol. The first-order valence-electron chi connectivity index (χ1n) is 4.12. The van der Waals surface area contributed by atoms with Crippen molar-refractivity contribution in [2.75, 3.05) is 0 Å². The third kappa shape index (κ3) is 1.70. The number of aromatic nitrogens is 1. The molecule has 2 aromatic rings. The van der Waals surface area contributed by atoms with Crippen LogP contribution in [0.4, 0.5) is 0 Å². The van der Waals surface area contributed by atoms with Gasteiger partial charge in [0.15, 0.2) is 0 Å². The summed E-state index contributed by atoms with van der Waals surface area (Å²) in [5, 5.41) is 22.1. The maximum Gasteiger partial charge on any atom is 0.490 e. The quantitative estimate of drug-likeness (QED) is 0.701. The Morgan fingerprint density at radius 1 is 1.29 bits per heavy atom. The first-order valence-corrected chi connectivity index (χ1v) is 5.07. The molecule has 0 amide bonds. The average Bonchev–Trinajstić information content (AvgIpc) is 2.70. The van der Waals surface area contributed by atoms with Crippen LogP contribution in [0.15, 0.2) is 35.2 Å². The summed E-state index contributed by atoms with van der Waals surface area (Å²) in [5.41, 5.74) is 1.98. The highest BCUT2D eigenvalue weighted by Gasteiger charge is 2.17. The van der Waals surface area contributed by atoms with Crippen LogP contribution >= 0.6 is 11.3 Å². The van der Waals surface area contributed by atoms with Crippen LogP contribution in [-0.2, 0) is 0 Å². The van der Waals surface area contributed by atoms with Gasteiger partial charge in [-0.25, -0.2) is 0 Å². The summed E-state index contributed by atoms with van der Waals surface area (Å²) in [6.45, 7) is 0. The Bertz CT molecular complexity index is 417. The fraction of sp³-hybridized carbons (Fsp3) is 0. The molecular weight excluding hydrogens is 197 g/mol. The van der Waals surface area contributed by atoms with Crippen molar-refractivity contribution in [3.05, 3.63) is 35.2 Å². The molecule has 0 aliphatic heterocycles. The van der Waals surface area contributed by atoms with Crippen LogP contribution in [0.2, 0.25) is 0 Å². The minimum Gasteiger partial charge on any atom is -0.423 e. The molecule has 2 aromatic heterocycles. The normalized spacial score (nSPS) is 10.1. The van der Waals surface area contributed by atoms with Gasteiger partial charge in [-0.05, 0) is 17.5 Å². The van der Waals surface area contributed by atoms with E-state index < -0.39 is 7.12 Å². The van der Waals surface area contributed by atoms with Crippen molar-refractivity contribution in [2.24, 2.45) is 0 Å². The molecule has 0 bridgehead atoms. The van der Waals surface area contributed by atoms with Crippen molar-refractivity contribution in [3.8, 4) is 11.3 Å². The Labute approximate surface area is 85.8 Å². The highest BCUT2D eigenvalue weighted by Crippen LogP contribution is 2.17. The van der Waals surface area contributed by atoms with Gasteiger partial charge in [-0.3, -0.25) is 4.98 Å². The highest BCUT2D eigenvalue weighted by atomic mass is 32.1. The highest BCUT2D eigenvalue weighted by molar-refractivity contribution is 7.08. The van der Waals surface area contributed by atoms with Crippen LogP contribution in [0.5, 0.6) is 0 Å². The van der Waals surface area contributed by atoms with Gasteiger partial charge in [-0.15, -0.1) is 0 Å². The Kier molecular flexibility index (Phi) is 2.63. The molecular formula is C9H8BNO2S. The topological polar surface area (TPSA) is 53.4 Å². The molecule has 5 heteroatoms. The van der Waals surface area contributed by atoms with Crippen molar-refractivity contribution >= 4 is 23.9 Å². The van der Waals surface area contributed by atoms with E-state index in [9.17, 15) is 0 Å². The second kappa shape index (κ2) is 3.92. The first kappa shape index (κ1) is 9.39. The molecule has 3 nitrogen and oxygen atoms in total. The van der Waals surface area contributed by atoms with Gasteiger partial charge in [0, 0.05) is 22.6 Å². The zero-order chi connectivity index (χ0) is 9.97. The summed E-state index contributed by atoms with van der Waals surface area (Å²) < 4.78 is 0. The van der Waals surface area contributed by atoms with E-state index in [2.05, 4.69) is 4.98 Å². The van der Waals surface area contributed by atoms with E-state index in [1.54, 1.807) is 29.7 Å². The average molecular weight is 205 g/mol. The van der Waals surface area contributed by atoms with Crippen molar-refractivity contribution in [1.82, 2.24) is 4.98 Å². The molecule has 2 heterocycles. The summed E-state index contributed by atoms with van der Waals surface area (Å²) in [6.07, 6.45) is 1.64. The molecule has 0 saturated heterocycles. The number of rotatable bonds is 2. The maximum absolute atomic E-state index is 9.12. The summed E-state index contributed by atoms with van der Waals surface area (Å²) in [6, 6.07) is 5.24. The van der Waals surface area contributed by atoms with Gasteiger partial charge >= 0.3 is 7.12 Å². The molecule has 0 spiro atoms. The van der Waals surface area contributed by atoms with Gasteiger partial charge in [0.1, 0.15) is 0 Å². The standard InChI is InChI=1S/C9H8BNO2S/c12-10(13)8-2-1-4-11-9(8)7-3-5-14-6-7/h1-6,12-13H. The molecule has 0 fully saturated rings. The van der Waals surface area contributed by atoms with Gasteiger partial charge in [0.05, 0.1) is 5.69 Å². The molecule has 0 unspecified atom stereocenters. The second-order valence-electron chi connectivity index (χ2n) is 2.83. The van der Waals surface area contributed by atoms with Gasteiger partial charge < -0.3 is 10.0 Å². The molecule has 0 aliphatic rings. The van der Waals surface area contributed by atoms with Crippen molar-refractivity contribution < 1.29 is 10.0 Å². The molecule has 70 valence electrons. The summed E-state index contributed by atoms with van der Waals surface area (Å²) in [7, 11) is -1.47. The van der Waals surface area contributed by atoms with E-state index in [1.807, 2.05) is 16.8 Å². The SMILES string of the molecule is OB(O)c1cccnc1-c1ccsc1. The number of hydrogen-bond acceptors (Lipinski definition) is 4. The van der Waals surface area contributed by atoms with Gasteiger partial charge in [0.2, 0.25) is 0 Å². The maximum atomic E-state index is 9.12. The lowest BCUT2D eigenvalue weighted by Crippen LogP contribution is -2.32. The second-order valence-corrected chi connectivity index (χ2v) is 3.61.